The Morgan fingerprint density at radius 1 is 1.24 bits per heavy atom. The van der Waals surface area contributed by atoms with Crippen molar-refractivity contribution in [1.82, 2.24) is 4.98 Å². The van der Waals surface area contributed by atoms with Crippen LogP contribution >= 0.6 is 12.2 Å². The lowest BCUT2D eigenvalue weighted by atomic mass is 10.2. The van der Waals surface area contributed by atoms with Gasteiger partial charge in [0.15, 0.2) is 5.82 Å². The Bertz CT molecular complexity index is 810. The van der Waals surface area contributed by atoms with E-state index < -0.39 is 37.1 Å². The minimum absolute atomic E-state index is 0.317. The van der Waals surface area contributed by atoms with Crippen LogP contribution in [-0.2, 0) is 10.0 Å². The maximum Gasteiger partial charge on any atom is 0.262 e. The standard InChI is InChI=1S/C12H9F2N3O2S2/c13-7-2-1-3-10(11(7)12(15)20)21(18,19)17-9-4-5-16-6-8(9)14/h1-6H,(H2,15,20)(H,16,17). The van der Waals surface area contributed by atoms with Crippen LogP contribution in [0.3, 0.4) is 0 Å². The highest BCUT2D eigenvalue weighted by atomic mass is 32.2. The van der Waals surface area contributed by atoms with Crippen molar-refractivity contribution in [2.45, 2.75) is 4.90 Å². The molecule has 0 spiro atoms. The van der Waals surface area contributed by atoms with Crippen LogP contribution in [0, 0.1) is 11.6 Å². The highest BCUT2D eigenvalue weighted by Crippen LogP contribution is 2.23. The number of anilines is 1. The smallest absolute Gasteiger partial charge is 0.262 e. The Morgan fingerprint density at radius 3 is 2.57 bits per heavy atom. The van der Waals surface area contributed by atoms with Gasteiger partial charge in [0.25, 0.3) is 10.0 Å². The van der Waals surface area contributed by atoms with Crippen molar-refractivity contribution in [3.63, 3.8) is 0 Å². The summed E-state index contributed by atoms with van der Waals surface area (Å²) >= 11 is 4.66. The predicted molar refractivity (Wildman–Crippen MR) is 77.3 cm³/mol. The van der Waals surface area contributed by atoms with Crippen molar-refractivity contribution in [1.29, 1.82) is 0 Å². The van der Waals surface area contributed by atoms with Crippen LogP contribution in [0.4, 0.5) is 14.5 Å². The summed E-state index contributed by atoms with van der Waals surface area (Å²) in [7, 11) is -4.26. The largest absolute Gasteiger partial charge is 0.389 e. The van der Waals surface area contributed by atoms with Gasteiger partial charge in [0.2, 0.25) is 0 Å². The summed E-state index contributed by atoms with van der Waals surface area (Å²) in [5, 5.41) is 0. The number of rotatable bonds is 4. The molecule has 0 aliphatic heterocycles. The van der Waals surface area contributed by atoms with Crippen molar-refractivity contribution in [2.24, 2.45) is 5.73 Å². The maximum absolute atomic E-state index is 13.7. The molecule has 0 radical (unpaired) electrons. The first kappa shape index (κ1) is 15.3. The number of thiocarbonyl (C=S) groups is 1. The lowest BCUT2D eigenvalue weighted by Crippen LogP contribution is -2.21. The molecule has 0 saturated heterocycles. The molecule has 0 bridgehead atoms. The molecule has 3 N–H and O–H groups in total. The fourth-order valence-corrected chi connectivity index (χ4v) is 3.20. The van der Waals surface area contributed by atoms with Gasteiger partial charge in [0, 0.05) is 6.20 Å². The zero-order chi connectivity index (χ0) is 15.6. The second-order valence-corrected chi connectivity index (χ2v) is 6.03. The fourth-order valence-electron chi connectivity index (χ4n) is 1.63. The van der Waals surface area contributed by atoms with Crippen LogP contribution in [0.2, 0.25) is 0 Å². The molecule has 0 aliphatic carbocycles. The molecular formula is C12H9F2N3O2S2. The Morgan fingerprint density at radius 2 is 1.95 bits per heavy atom. The normalized spacial score (nSPS) is 11.1. The summed E-state index contributed by atoms with van der Waals surface area (Å²) in [5.41, 5.74) is 4.61. The molecule has 2 rings (SSSR count). The molecular weight excluding hydrogens is 320 g/mol. The van der Waals surface area contributed by atoms with Crippen LogP contribution in [-0.4, -0.2) is 18.4 Å². The van der Waals surface area contributed by atoms with Gasteiger partial charge >= 0.3 is 0 Å². The number of halogens is 2. The van der Waals surface area contributed by atoms with E-state index in [0.29, 0.717) is 0 Å². The van der Waals surface area contributed by atoms with Crippen LogP contribution in [0.1, 0.15) is 5.56 Å². The number of aromatic nitrogens is 1. The quantitative estimate of drug-likeness (QED) is 0.836. The molecule has 2 aromatic rings. The Labute approximate surface area is 124 Å². The van der Waals surface area contributed by atoms with Gasteiger partial charge in [0.05, 0.1) is 17.4 Å². The number of sulfonamides is 1. The predicted octanol–water partition coefficient (Wildman–Crippen LogP) is 1.79. The zero-order valence-electron chi connectivity index (χ0n) is 10.4. The van der Waals surface area contributed by atoms with E-state index in [1.165, 1.54) is 12.3 Å². The SMILES string of the molecule is NC(=S)c1c(F)cccc1S(=O)(=O)Nc1ccncc1F. The van der Waals surface area contributed by atoms with E-state index in [0.717, 1.165) is 24.4 Å². The summed E-state index contributed by atoms with van der Waals surface area (Å²) in [4.78, 5) is 2.62. The maximum atomic E-state index is 13.7. The Balaban J connectivity index is 2.53. The van der Waals surface area contributed by atoms with E-state index in [1.54, 1.807) is 0 Å². The molecule has 0 saturated carbocycles. The number of hydrogen-bond donors (Lipinski definition) is 2. The minimum atomic E-state index is -4.26. The number of pyridine rings is 1. The number of nitrogens with two attached hydrogens (primary N) is 1. The van der Waals surface area contributed by atoms with Gasteiger partial charge in [-0.3, -0.25) is 9.71 Å². The molecule has 110 valence electrons. The second kappa shape index (κ2) is 5.70. The minimum Gasteiger partial charge on any atom is -0.389 e. The van der Waals surface area contributed by atoms with E-state index in [2.05, 4.69) is 17.2 Å². The van der Waals surface area contributed by atoms with Crippen LogP contribution in [0.5, 0.6) is 0 Å². The third-order valence-electron chi connectivity index (χ3n) is 2.53. The van der Waals surface area contributed by atoms with Crippen molar-refractivity contribution < 1.29 is 17.2 Å². The lowest BCUT2D eigenvalue weighted by Gasteiger charge is -2.12. The number of benzene rings is 1. The van der Waals surface area contributed by atoms with E-state index in [9.17, 15) is 17.2 Å². The van der Waals surface area contributed by atoms with Crippen LogP contribution < -0.4 is 10.5 Å². The topological polar surface area (TPSA) is 85.1 Å². The first-order valence-electron chi connectivity index (χ1n) is 5.53. The Kier molecular flexibility index (Phi) is 4.14. The molecule has 1 heterocycles. The van der Waals surface area contributed by atoms with Crippen molar-refractivity contribution in [3.05, 3.63) is 53.9 Å². The van der Waals surface area contributed by atoms with E-state index in [1.807, 2.05) is 4.72 Å². The van der Waals surface area contributed by atoms with Gasteiger partial charge in [-0.25, -0.2) is 17.2 Å². The third-order valence-corrected chi connectivity index (χ3v) is 4.14. The van der Waals surface area contributed by atoms with Gasteiger partial charge in [-0.1, -0.05) is 18.3 Å². The number of nitrogens with one attached hydrogen (secondary N) is 1. The van der Waals surface area contributed by atoms with Crippen molar-refractivity contribution in [2.75, 3.05) is 4.72 Å². The number of nitrogens with zero attached hydrogens (tertiary/aromatic N) is 1. The Hall–Kier alpha value is -2.13. The van der Waals surface area contributed by atoms with Crippen molar-refractivity contribution >= 4 is 32.9 Å². The lowest BCUT2D eigenvalue weighted by molar-refractivity contribution is 0.592. The van der Waals surface area contributed by atoms with E-state index in [4.69, 9.17) is 5.73 Å². The van der Waals surface area contributed by atoms with Gasteiger partial charge in [-0.05, 0) is 18.2 Å². The number of hydrogen-bond acceptors (Lipinski definition) is 4. The molecule has 0 aliphatic rings. The summed E-state index contributed by atoms with van der Waals surface area (Å²) in [6.45, 7) is 0. The summed E-state index contributed by atoms with van der Waals surface area (Å²) < 4.78 is 53.7. The molecule has 1 aromatic heterocycles. The first-order chi connectivity index (χ1) is 9.83. The molecule has 0 unspecified atom stereocenters. The molecule has 0 amide bonds. The van der Waals surface area contributed by atoms with Gasteiger partial charge in [0.1, 0.15) is 15.7 Å². The molecule has 1 aromatic carbocycles. The molecule has 0 atom stereocenters. The molecule has 5 nitrogen and oxygen atoms in total. The van der Waals surface area contributed by atoms with Gasteiger partial charge in [-0.2, -0.15) is 0 Å². The van der Waals surface area contributed by atoms with Crippen LogP contribution in [0.25, 0.3) is 0 Å². The zero-order valence-corrected chi connectivity index (χ0v) is 12.0. The van der Waals surface area contributed by atoms with Crippen LogP contribution in [0.15, 0.2) is 41.6 Å². The van der Waals surface area contributed by atoms with Gasteiger partial charge in [-0.15, -0.1) is 0 Å². The highest BCUT2D eigenvalue weighted by Gasteiger charge is 2.23. The second-order valence-electron chi connectivity index (χ2n) is 3.94. The highest BCUT2D eigenvalue weighted by molar-refractivity contribution is 7.93. The van der Waals surface area contributed by atoms with E-state index >= 15 is 0 Å². The average molecular weight is 329 g/mol. The summed E-state index contributed by atoms with van der Waals surface area (Å²) in [6.07, 6.45) is 2.05. The monoisotopic (exact) mass is 329 g/mol. The van der Waals surface area contributed by atoms with Gasteiger partial charge < -0.3 is 5.73 Å². The average Bonchev–Trinajstić information content (AvgIpc) is 2.40. The fraction of sp³-hybridized carbons (Fsp3) is 0. The third kappa shape index (κ3) is 3.14. The first-order valence-corrected chi connectivity index (χ1v) is 7.42. The summed E-state index contributed by atoms with van der Waals surface area (Å²) in [5.74, 6) is -1.74. The van der Waals surface area contributed by atoms with Crippen molar-refractivity contribution in [3.8, 4) is 0 Å². The molecule has 9 heteroatoms. The molecule has 0 fully saturated rings. The van der Waals surface area contributed by atoms with E-state index in [-0.39, 0.29) is 5.69 Å². The molecule has 21 heavy (non-hydrogen) atoms. The summed E-state index contributed by atoms with van der Waals surface area (Å²) in [6, 6.07) is 4.47.